The number of carbonyl (C=O) groups excluding carboxylic acids is 1. The van der Waals surface area contributed by atoms with Crippen molar-refractivity contribution in [2.24, 2.45) is 0 Å². The van der Waals surface area contributed by atoms with Gasteiger partial charge in [-0.15, -0.1) is 0 Å². The number of nitrogens with zero attached hydrogens (tertiary/aromatic N) is 2. The molecule has 1 heterocycles. The third-order valence-electron chi connectivity index (χ3n) is 3.08. The summed E-state index contributed by atoms with van der Waals surface area (Å²) >= 11 is 0. The summed E-state index contributed by atoms with van der Waals surface area (Å²) in [7, 11) is 0. The maximum Gasteiger partial charge on any atom is 0.406 e. The van der Waals surface area contributed by atoms with Crippen LogP contribution < -0.4 is 5.69 Å². The van der Waals surface area contributed by atoms with E-state index in [1.807, 2.05) is 0 Å². The number of amides is 1. The molecule has 0 radical (unpaired) electrons. The van der Waals surface area contributed by atoms with Gasteiger partial charge in [0.05, 0.1) is 11.0 Å². The van der Waals surface area contributed by atoms with E-state index in [-0.39, 0.29) is 6.54 Å². The van der Waals surface area contributed by atoms with E-state index >= 15 is 0 Å². The molecule has 5 nitrogen and oxygen atoms in total. The van der Waals surface area contributed by atoms with Crippen molar-refractivity contribution in [2.75, 3.05) is 13.1 Å². The number of likely N-dealkylation sites (N-methyl/N-ethyl adjacent to an activating group) is 1. The summed E-state index contributed by atoms with van der Waals surface area (Å²) in [5.41, 5.74) is 0.501. The zero-order valence-electron chi connectivity index (χ0n) is 11.3. The summed E-state index contributed by atoms with van der Waals surface area (Å²) in [6, 6.07) is 6.68. The van der Waals surface area contributed by atoms with Gasteiger partial charge in [-0.1, -0.05) is 12.1 Å². The highest BCUT2D eigenvalue weighted by atomic mass is 19.4. The average Bonchev–Trinajstić information content (AvgIpc) is 2.71. The highest BCUT2D eigenvalue weighted by Gasteiger charge is 2.32. The fourth-order valence-corrected chi connectivity index (χ4v) is 2.09. The molecule has 0 saturated carbocycles. The SMILES string of the molecule is CCN(CC(F)(F)F)C(=O)Cn1c(=O)[nH]c2ccccc21. The number of halogens is 3. The minimum atomic E-state index is -4.46. The Morgan fingerprint density at radius 3 is 2.62 bits per heavy atom. The molecule has 1 amide bonds. The van der Waals surface area contributed by atoms with Crippen LogP contribution in [0.25, 0.3) is 11.0 Å². The number of nitrogens with one attached hydrogen (secondary N) is 1. The largest absolute Gasteiger partial charge is 0.406 e. The summed E-state index contributed by atoms with van der Waals surface area (Å²) in [6.45, 7) is -0.358. The second-order valence-corrected chi connectivity index (χ2v) is 4.56. The monoisotopic (exact) mass is 301 g/mol. The van der Waals surface area contributed by atoms with E-state index in [2.05, 4.69) is 4.98 Å². The molecule has 0 unspecified atom stereocenters. The number of hydrogen-bond donors (Lipinski definition) is 1. The third-order valence-corrected chi connectivity index (χ3v) is 3.08. The van der Waals surface area contributed by atoms with E-state index in [0.29, 0.717) is 15.9 Å². The van der Waals surface area contributed by atoms with Crippen LogP contribution >= 0.6 is 0 Å². The normalized spacial score (nSPS) is 11.8. The van der Waals surface area contributed by atoms with E-state index < -0.39 is 30.9 Å². The van der Waals surface area contributed by atoms with Crippen LogP contribution in [-0.4, -0.2) is 39.6 Å². The Balaban J connectivity index is 2.25. The Morgan fingerprint density at radius 2 is 2.00 bits per heavy atom. The number of aromatic nitrogens is 2. The minimum Gasteiger partial charge on any atom is -0.332 e. The minimum absolute atomic E-state index is 0.0740. The molecule has 0 atom stereocenters. The number of benzene rings is 1. The number of hydrogen-bond acceptors (Lipinski definition) is 2. The number of carbonyl (C=O) groups is 1. The van der Waals surface area contributed by atoms with Crippen molar-refractivity contribution in [2.45, 2.75) is 19.6 Å². The molecule has 8 heteroatoms. The molecule has 1 aromatic carbocycles. The lowest BCUT2D eigenvalue weighted by Crippen LogP contribution is -2.41. The van der Waals surface area contributed by atoms with Gasteiger partial charge in [-0.2, -0.15) is 13.2 Å². The summed E-state index contributed by atoms with van der Waals surface area (Å²) in [4.78, 5) is 27.0. The maximum atomic E-state index is 12.4. The van der Waals surface area contributed by atoms with Crippen LogP contribution in [0.15, 0.2) is 29.1 Å². The molecule has 0 saturated heterocycles. The van der Waals surface area contributed by atoms with Gasteiger partial charge in [0.15, 0.2) is 0 Å². The van der Waals surface area contributed by atoms with Gasteiger partial charge in [0.2, 0.25) is 5.91 Å². The smallest absolute Gasteiger partial charge is 0.332 e. The van der Waals surface area contributed by atoms with Crippen LogP contribution in [-0.2, 0) is 11.3 Å². The van der Waals surface area contributed by atoms with E-state index in [0.717, 1.165) is 4.57 Å². The quantitative estimate of drug-likeness (QED) is 0.935. The van der Waals surface area contributed by atoms with Crippen LogP contribution in [0.2, 0.25) is 0 Å². The molecule has 2 aromatic rings. The lowest BCUT2D eigenvalue weighted by Gasteiger charge is -2.22. The lowest BCUT2D eigenvalue weighted by molar-refractivity contribution is -0.161. The summed E-state index contributed by atoms with van der Waals surface area (Å²) in [6.07, 6.45) is -4.46. The van der Waals surface area contributed by atoms with Gasteiger partial charge in [0.1, 0.15) is 13.1 Å². The number of rotatable bonds is 4. The van der Waals surface area contributed by atoms with Crippen molar-refractivity contribution < 1.29 is 18.0 Å². The topological polar surface area (TPSA) is 58.1 Å². The second kappa shape index (κ2) is 5.63. The molecular formula is C13H14F3N3O2. The molecule has 1 N–H and O–H groups in total. The van der Waals surface area contributed by atoms with Crippen molar-refractivity contribution in [1.82, 2.24) is 14.5 Å². The van der Waals surface area contributed by atoms with Crippen molar-refractivity contribution in [3.8, 4) is 0 Å². The molecule has 0 aliphatic heterocycles. The second-order valence-electron chi connectivity index (χ2n) is 4.56. The molecule has 21 heavy (non-hydrogen) atoms. The van der Waals surface area contributed by atoms with Crippen LogP contribution in [0.1, 0.15) is 6.92 Å². The molecule has 0 aliphatic rings. The highest BCUT2D eigenvalue weighted by molar-refractivity contribution is 5.80. The Kier molecular flexibility index (Phi) is 4.06. The molecule has 0 spiro atoms. The standard InChI is InChI=1S/C13H14F3N3O2/c1-2-18(8-13(14,15)16)11(20)7-19-10-6-4-3-5-9(10)17-12(19)21/h3-6H,2,7-8H2,1H3,(H,17,21). The van der Waals surface area contributed by atoms with Gasteiger partial charge < -0.3 is 9.88 Å². The first-order valence-electron chi connectivity index (χ1n) is 6.34. The Hall–Kier alpha value is -2.25. The van der Waals surface area contributed by atoms with Gasteiger partial charge in [0, 0.05) is 6.54 Å². The number of H-pyrrole nitrogens is 1. The van der Waals surface area contributed by atoms with Crippen LogP contribution in [0, 0.1) is 0 Å². The summed E-state index contributed by atoms with van der Waals surface area (Å²) < 4.78 is 38.3. The average molecular weight is 301 g/mol. The molecule has 0 fully saturated rings. The number of aromatic amines is 1. The Morgan fingerprint density at radius 1 is 1.33 bits per heavy atom. The fraction of sp³-hybridized carbons (Fsp3) is 0.385. The first-order valence-corrected chi connectivity index (χ1v) is 6.34. The van der Waals surface area contributed by atoms with Gasteiger partial charge >= 0.3 is 11.9 Å². The van der Waals surface area contributed by atoms with E-state index in [1.165, 1.54) is 6.92 Å². The maximum absolute atomic E-state index is 12.4. The molecule has 0 bridgehead atoms. The van der Waals surface area contributed by atoms with Crippen molar-refractivity contribution >= 4 is 16.9 Å². The number of imidazole rings is 1. The molecule has 0 aliphatic carbocycles. The van der Waals surface area contributed by atoms with Gasteiger partial charge in [-0.05, 0) is 19.1 Å². The molecule has 1 aromatic heterocycles. The van der Waals surface area contributed by atoms with Crippen LogP contribution in [0.3, 0.4) is 0 Å². The molecule has 114 valence electrons. The third kappa shape index (κ3) is 3.45. The van der Waals surface area contributed by atoms with E-state index in [1.54, 1.807) is 24.3 Å². The number of alkyl halides is 3. The molecular weight excluding hydrogens is 287 g/mol. The first kappa shape index (κ1) is 15.1. The van der Waals surface area contributed by atoms with Gasteiger partial charge in [0.25, 0.3) is 0 Å². The summed E-state index contributed by atoms with van der Waals surface area (Å²) in [5, 5.41) is 0. The van der Waals surface area contributed by atoms with Crippen LogP contribution in [0.5, 0.6) is 0 Å². The zero-order chi connectivity index (χ0) is 15.6. The van der Waals surface area contributed by atoms with Gasteiger partial charge in [-0.25, -0.2) is 4.79 Å². The Bertz CT molecular complexity index is 702. The van der Waals surface area contributed by atoms with Crippen molar-refractivity contribution in [3.63, 3.8) is 0 Å². The van der Waals surface area contributed by atoms with Crippen molar-refractivity contribution in [1.29, 1.82) is 0 Å². The number of fused-ring (bicyclic) bond motifs is 1. The zero-order valence-corrected chi connectivity index (χ0v) is 11.3. The van der Waals surface area contributed by atoms with Gasteiger partial charge in [-0.3, -0.25) is 9.36 Å². The van der Waals surface area contributed by atoms with Crippen molar-refractivity contribution in [3.05, 3.63) is 34.7 Å². The van der Waals surface area contributed by atoms with Crippen LogP contribution in [0.4, 0.5) is 13.2 Å². The number of para-hydroxylation sites is 2. The lowest BCUT2D eigenvalue weighted by atomic mass is 10.3. The van der Waals surface area contributed by atoms with E-state index in [9.17, 15) is 22.8 Å². The predicted octanol–water partition coefficient (Wildman–Crippen LogP) is 1.74. The Labute approximate surface area is 118 Å². The predicted molar refractivity (Wildman–Crippen MR) is 70.9 cm³/mol. The summed E-state index contributed by atoms with van der Waals surface area (Å²) in [5.74, 6) is -0.748. The molecule has 2 rings (SSSR count). The highest BCUT2D eigenvalue weighted by Crippen LogP contribution is 2.17. The van der Waals surface area contributed by atoms with E-state index in [4.69, 9.17) is 0 Å². The fourth-order valence-electron chi connectivity index (χ4n) is 2.09. The first-order chi connectivity index (χ1) is 9.81.